The number of thioether (sulfide) groups is 1. The fourth-order valence-corrected chi connectivity index (χ4v) is 4.34. The van der Waals surface area contributed by atoms with Crippen molar-refractivity contribution < 1.29 is 19.0 Å². The first-order valence-corrected chi connectivity index (χ1v) is 11.0. The van der Waals surface area contributed by atoms with Crippen LogP contribution >= 0.6 is 35.6 Å². The van der Waals surface area contributed by atoms with Gasteiger partial charge in [0.2, 0.25) is 0 Å². The van der Waals surface area contributed by atoms with Gasteiger partial charge in [0.1, 0.15) is 10.9 Å². The number of ether oxygens (including phenoxy) is 3. The molecule has 0 N–H and O–H groups in total. The molecule has 0 atom stereocenters. The molecule has 0 bridgehead atoms. The third-order valence-electron chi connectivity index (χ3n) is 4.24. The Bertz CT molecular complexity index is 964. The lowest BCUT2D eigenvalue weighted by atomic mass is 10.1. The summed E-state index contributed by atoms with van der Waals surface area (Å²) >= 11 is 12.6. The van der Waals surface area contributed by atoms with Gasteiger partial charge in [0.15, 0.2) is 11.5 Å². The molecule has 1 fully saturated rings. The molecule has 0 aromatic heterocycles. The Kier molecular flexibility index (Phi) is 8.16. The predicted octanol–water partition coefficient (Wildman–Crippen LogP) is 5.17. The number of halogens is 1. The summed E-state index contributed by atoms with van der Waals surface area (Å²) in [4.78, 5) is 14.7. The zero-order valence-corrected chi connectivity index (χ0v) is 19.1. The highest BCUT2D eigenvalue weighted by atomic mass is 35.5. The molecule has 8 heteroatoms. The molecule has 0 saturated carbocycles. The van der Waals surface area contributed by atoms with E-state index in [0.717, 1.165) is 11.1 Å². The molecular formula is C22H22ClNO4S2. The lowest BCUT2D eigenvalue weighted by Crippen LogP contribution is -2.31. The molecule has 1 heterocycles. The van der Waals surface area contributed by atoms with Crippen LogP contribution in [0.4, 0.5) is 0 Å². The minimum Gasteiger partial charge on any atom is -0.490 e. The maximum Gasteiger partial charge on any atom is 0.266 e. The molecule has 0 spiro atoms. The smallest absolute Gasteiger partial charge is 0.266 e. The standard InChI is InChI=1S/C22H22ClNO4S2/c1-3-27-19-12-15(13-20-21(25)24(9-10-26-2)22(29)30-20)7-8-18(19)28-14-16-5-4-6-17(23)11-16/h4-8,11-13H,3,9-10,14H2,1-2H3. The Labute approximate surface area is 190 Å². The summed E-state index contributed by atoms with van der Waals surface area (Å²) in [6.07, 6.45) is 1.81. The number of hydrogen-bond donors (Lipinski definition) is 0. The van der Waals surface area contributed by atoms with E-state index in [1.54, 1.807) is 12.0 Å². The van der Waals surface area contributed by atoms with E-state index in [-0.39, 0.29) is 5.91 Å². The van der Waals surface area contributed by atoms with Crippen LogP contribution in [0.1, 0.15) is 18.1 Å². The third-order valence-corrected chi connectivity index (χ3v) is 5.85. The number of rotatable bonds is 9. The lowest BCUT2D eigenvalue weighted by molar-refractivity contribution is -0.122. The first-order chi connectivity index (χ1) is 14.5. The van der Waals surface area contributed by atoms with E-state index in [1.807, 2.05) is 55.5 Å². The van der Waals surface area contributed by atoms with Crippen molar-refractivity contribution in [1.82, 2.24) is 4.90 Å². The number of nitrogens with zero attached hydrogens (tertiary/aromatic N) is 1. The Morgan fingerprint density at radius 1 is 1.17 bits per heavy atom. The van der Waals surface area contributed by atoms with Crippen LogP contribution < -0.4 is 9.47 Å². The number of carbonyl (C=O) groups excluding carboxylic acids is 1. The van der Waals surface area contributed by atoms with Gasteiger partial charge in [-0.05, 0) is 48.4 Å². The Morgan fingerprint density at radius 3 is 2.73 bits per heavy atom. The molecule has 0 aliphatic carbocycles. The highest BCUT2D eigenvalue weighted by Crippen LogP contribution is 2.35. The van der Waals surface area contributed by atoms with Crippen molar-refractivity contribution in [3.05, 3.63) is 63.5 Å². The average molecular weight is 464 g/mol. The average Bonchev–Trinajstić information content (AvgIpc) is 2.99. The van der Waals surface area contributed by atoms with Crippen molar-refractivity contribution in [2.75, 3.05) is 26.9 Å². The van der Waals surface area contributed by atoms with Crippen LogP contribution in [0.2, 0.25) is 5.02 Å². The summed E-state index contributed by atoms with van der Waals surface area (Å²) in [5.74, 6) is 1.13. The molecule has 0 radical (unpaired) electrons. The van der Waals surface area contributed by atoms with Crippen LogP contribution in [0.3, 0.4) is 0 Å². The Morgan fingerprint density at radius 2 is 2.00 bits per heavy atom. The fraction of sp³-hybridized carbons (Fsp3) is 0.273. The molecule has 2 aromatic rings. The number of hydrogen-bond acceptors (Lipinski definition) is 6. The molecule has 158 valence electrons. The van der Waals surface area contributed by atoms with Crippen LogP contribution in [0.25, 0.3) is 6.08 Å². The minimum atomic E-state index is -0.110. The number of methoxy groups -OCH3 is 1. The molecule has 3 rings (SSSR count). The second-order valence-electron chi connectivity index (χ2n) is 6.38. The molecule has 1 aliphatic rings. The maximum atomic E-state index is 12.6. The number of thiocarbonyl (C=S) groups is 1. The van der Waals surface area contributed by atoms with Gasteiger partial charge in [-0.3, -0.25) is 9.69 Å². The molecule has 5 nitrogen and oxygen atoms in total. The highest BCUT2D eigenvalue weighted by Gasteiger charge is 2.31. The highest BCUT2D eigenvalue weighted by molar-refractivity contribution is 8.26. The van der Waals surface area contributed by atoms with Crippen molar-refractivity contribution in [3.63, 3.8) is 0 Å². The number of amides is 1. The summed E-state index contributed by atoms with van der Waals surface area (Å²) in [7, 11) is 1.60. The van der Waals surface area contributed by atoms with Gasteiger partial charge < -0.3 is 14.2 Å². The summed E-state index contributed by atoms with van der Waals surface area (Å²) in [5, 5.41) is 0.666. The van der Waals surface area contributed by atoms with Gasteiger partial charge in [0, 0.05) is 12.1 Å². The van der Waals surface area contributed by atoms with E-state index < -0.39 is 0 Å². The second kappa shape index (κ2) is 10.8. The summed E-state index contributed by atoms with van der Waals surface area (Å²) in [5.41, 5.74) is 1.80. The molecule has 30 heavy (non-hydrogen) atoms. The van der Waals surface area contributed by atoms with Gasteiger partial charge in [-0.25, -0.2) is 0 Å². The summed E-state index contributed by atoms with van der Waals surface area (Å²) < 4.78 is 17.3. The zero-order chi connectivity index (χ0) is 21.5. The molecule has 1 aliphatic heterocycles. The van der Waals surface area contributed by atoms with Crippen LogP contribution in [0.5, 0.6) is 11.5 Å². The predicted molar refractivity (Wildman–Crippen MR) is 125 cm³/mol. The van der Waals surface area contributed by atoms with Crippen molar-refractivity contribution in [2.24, 2.45) is 0 Å². The van der Waals surface area contributed by atoms with Gasteiger partial charge in [-0.2, -0.15) is 0 Å². The van der Waals surface area contributed by atoms with Gasteiger partial charge >= 0.3 is 0 Å². The zero-order valence-electron chi connectivity index (χ0n) is 16.7. The van der Waals surface area contributed by atoms with Crippen molar-refractivity contribution >= 4 is 51.9 Å². The SMILES string of the molecule is CCOc1cc(C=C2SC(=S)N(CCOC)C2=O)ccc1OCc1cccc(Cl)c1. The van der Waals surface area contributed by atoms with Gasteiger partial charge in [0.25, 0.3) is 5.91 Å². The van der Waals surface area contributed by atoms with E-state index in [4.69, 9.17) is 38.0 Å². The van der Waals surface area contributed by atoms with Crippen LogP contribution in [0.15, 0.2) is 47.4 Å². The van der Waals surface area contributed by atoms with Gasteiger partial charge in [-0.15, -0.1) is 0 Å². The first kappa shape index (κ1) is 22.6. The maximum absolute atomic E-state index is 12.6. The molecule has 1 amide bonds. The third kappa shape index (κ3) is 5.76. The quantitative estimate of drug-likeness (QED) is 0.378. The Balaban J connectivity index is 1.76. The van der Waals surface area contributed by atoms with Crippen LogP contribution in [-0.2, 0) is 16.1 Å². The lowest BCUT2D eigenvalue weighted by Gasteiger charge is -2.13. The number of carbonyl (C=O) groups is 1. The van der Waals surface area contributed by atoms with E-state index in [9.17, 15) is 4.79 Å². The molecular weight excluding hydrogens is 442 g/mol. The van der Waals surface area contributed by atoms with E-state index in [1.165, 1.54) is 11.8 Å². The monoisotopic (exact) mass is 463 g/mol. The summed E-state index contributed by atoms with van der Waals surface area (Å²) in [6, 6.07) is 13.1. The topological polar surface area (TPSA) is 48.0 Å². The van der Waals surface area contributed by atoms with Crippen molar-refractivity contribution in [3.8, 4) is 11.5 Å². The van der Waals surface area contributed by atoms with Gasteiger partial charge in [-0.1, -0.05) is 53.8 Å². The first-order valence-electron chi connectivity index (χ1n) is 9.40. The van der Waals surface area contributed by atoms with E-state index in [2.05, 4.69) is 0 Å². The minimum absolute atomic E-state index is 0.110. The molecule has 0 unspecified atom stereocenters. The Hall–Kier alpha value is -2.06. The normalized spacial score (nSPS) is 15.2. The fourth-order valence-electron chi connectivity index (χ4n) is 2.82. The van der Waals surface area contributed by atoms with Gasteiger partial charge in [0.05, 0.1) is 24.7 Å². The number of benzene rings is 2. The van der Waals surface area contributed by atoms with E-state index in [0.29, 0.717) is 52.1 Å². The second-order valence-corrected chi connectivity index (χ2v) is 8.50. The van der Waals surface area contributed by atoms with Crippen LogP contribution in [-0.4, -0.2) is 42.0 Å². The summed E-state index contributed by atoms with van der Waals surface area (Å²) in [6.45, 7) is 3.66. The van der Waals surface area contributed by atoms with Crippen LogP contribution in [0, 0.1) is 0 Å². The molecule has 2 aromatic carbocycles. The van der Waals surface area contributed by atoms with Crippen molar-refractivity contribution in [1.29, 1.82) is 0 Å². The largest absolute Gasteiger partial charge is 0.490 e. The van der Waals surface area contributed by atoms with E-state index >= 15 is 0 Å². The molecule has 1 saturated heterocycles. The van der Waals surface area contributed by atoms with Crippen molar-refractivity contribution in [2.45, 2.75) is 13.5 Å².